The topological polar surface area (TPSA) is 77.3 Å². The molecule has 1 aliphatic rings. The molecular formula is C30H30Cl2N4O3. The molecule has 0 bridgehead atoms. The van der Waals surface area contributed by atoms with Crippen molar-refractivity contribution < 1.29 is 14.3 Å². The highest BCUT2D eigenvalue weighted by atomic mass is 35.5. The zero-order valence-corrected chi connectivity index (χ0v) is 23.6. The number of imide groups is 1. The lowest BCUT2D eigenvalue weighted by atomic mass is 9.79. The average molecular weight is 566 g/mol. The number of hydrogen-bond acceptors (Lipinski definition) is 5. The van der Waals surface area contributed by atoms with E-state index in [0.29, 0.717) is 29.4 Å². The SMILES string of the molecule is CCn1nnc2c(Cl)c(C(c3ccc(C)c(CCl)c3)C(C)C(=O)N3C(=O)OC[C@H]3Cc3ccccc3)ccc21. The van der Waals surface area contributed by atoms with Crippen LogP contribution in [0.5, 0.6) is 0 Å². The fourth-order valence-electron chi connectivity index (χ4n) is 5.39. The minimum absolute atomic E-state index is 0.157. The van der Waals surface area contributed by atoms with Crippen molar-refractivity contribution in [1.82, 2.24) is 19.9 Å². The van der Waals surface area contributed by atoms with Crippen molar-refractivity contribution in [2.45, 2.75) is 51.6 Å². The Bertz CT molecular complexity index is 1520. The molecule has 7 nitrogen and oxygen atoms in total. The van der Waals surface area contributed by atoms with Crippen molar-refractivity contribution in [3.05, 3.63) is 93.5 Å². The molecule has 3 aromatic carbocycles. The van der Waals surface area contributed by atoms with Crippen LogP contribution in [0.15, 0.2) is 60.7 Å². The summed E-state index contributed by atoms with van der Waals surface area (Å²) in [6.45, 7) is 6.63. The van der Waals surface area contributed by atoms with E-state index in [9.17, 15) is 9.59 Å². The maximum absolute atomic E-state index is 14.1. The van der Waals surface area contributed by atoms with Gasteiger partial charge in [-0.3, -0.25) is 4.79 Å². The molecule has 9 heteroatoms. The summed E-state index contributed by atoms with van der Waals surface area (Å²) in [6, 6.07) is 19.3. The predicted molar refractivity (Wildman–Crippen MR) is 152 cm³/mol. The number of alkyl halides is 1. The Hall–Kier alpha value is -3.42. The highest BCUT2D eigenvalue weighted by Crippen LogP contribution is 2.41. The van der Waals surface area contributed by atoms with E-state index in [0.717, 1.165) is 33.3 Å². The third-order valence-corrected chi connectivity index (χ3v) is 8.25. The van der Waals surface area contributed by atoms with Gasteiger partial charge in [0.15, 0.2) is 0 Å². The van der Waals surface area contributed by atoms with Crippen molar-refractivity contribution in [1.29, 1.82) is 0 Å². The molecule has 0 aliphatic carbocycles. The van der Waals surface area contributed by atoms with Gasteiger partial charge < -0.3 is 4.74 Å². The van der Waals surface area contributed by atoms with Gasteiger partial charge in [0, 0.05) is 24.3 Å². The van der Waals surface area contributed by atoms with Gasteiger partial charge in [-0.1, -0.05) is 78.3 Å². The summed E-state index contributed by atoms with van der Waals surface area (Å²) in [5.41, 5.74) is 6.08. The second-order valence-electron chi connectivity index (χ2n) is 9.96. The molecule has 0 N–H and O–H groups in total. The highest BCUT2D eigenvalue weighted by molar-refractivity contribution is 6.35. The summed E-state index contributed by atoms with van der Waals surface area (Å²) in [7, 11) is 0. The Morgan fingerprint density at radius 3 is 2.64 bits per heavy atom. The zero-order chi connectivity index (χ0) is 27.7. The molecule has 1 fully saturated rings. The third kappa shape index (κ3) is 5.13. The highest BCUT2D eigenvalue weighted by Gasteiger charge is 2.42. The molecule has 1 aromatic heterocycles. The number of aromatic nitrogens is 3. The van der Waals surface area contributed by atoms with E-state index in [1.165, 1.54) is 4.90 Å². The van der Waals surface area contributed by atoms with E-state index in [2.05, 4.69) is 10.3 Å². The third-order valence-electron chi connectivity index (χ3n) is 7.57. The molecule has 0 saturated carbocycles. The minimum atomic E-state index is -0.643. The molecule has 3 atom stereocenters. The van der Waals surface area contributed by atoms with Crippen molar-refractivity contribution in [3.8, 4) is 0 Å². The lowest BCUT2D eigenvalue weighted by molar-refractivity contribution is -0.133. The first kappa shape index (κ1) is 27.2. The first-order chi connectivity index (χ1) is 18.8. The monoisotopic (exact) mass is 564 g/mol. The quantitative estimate of drug-likeness (QED) is 0.228. The van der Waals surface area contributed by atoms with Gasteiger partial charge in [-0.25, -0.2) is 14.4 Å². The lowest BCUT2D eigenvalue weighted by Crippen LogP contribution is -2.44. The van der Waals surface area contributed by atoms with Crippen LogP contribution in [0.2, 0.25) is 5.02 Å². The number of cyclic esters (lactones) is 1. The molecule has 2 amide bonds. The van der Waals surface area contributed by atoms with Crippen LogP contribution in [-0.4, -0.2) is 44.5 Å². The first-order valence-corrected chi connectivity index (χ1v) is 14.0. The number of nitrogens with zero attached hydrogens (tertiary/aromatic N) is 4. The Balaban J connectivity index is 1.57. The molecule has 202 valence electrons. The minimum Gasteiger partial charge on any atom is -0.447 e. The summed E-state index contributed by atoms with van der Waals surface area (Å²) >= 11 is 13.2. The second-order valence-corrected chi connectivity index (χ2v) is 10.6. The van der Waals surface area contributed by atoms with Gasteiger partial charge in [-0.05, 0) is 54.2 Å². The largest absolute Gasteiger partial charge is 0.447 e. The number of rotatable bonds is 8. The van der Waals surface area contributed by atoms with Gasteiger partial charge in [-0.15, -0.1) is 16.7 Å². The summed E-state index contributed by atoms with van der Waals surface area (Å²) in [4.78, 5) is 28.3. The Morgan fingerprint density at radius 1 is 1.15 bits per heavy atom. The molecule has 39 heavy (non-hydrogen) atoms. The van der Waals surface area contributed by atoms with E-state index in [-0.39, 0.29) is 12.5 Å². The Morgan fingerprint density at radius 2 is 1.92 bits per heavy atom. The van der Waals surface area contributed by atoms with Crippen LogP contribution in [0.25, 0.3) is 11.0 Å². The van der Waals surface area contributed by atoms with Crippen LogP contribution >= 0.6 is 23.2 Å². The lowest BCUT2D eigenvalue weighted by Gasteiger charge is -2.30. The maximum Gasteiger partial charge on any atom is 0.416 e. The van der Waals surface area contributed by atoms with Gasteiger partial charge in [-0.2, -0.15) is 0 Å². The van der Waals surface area contributed by atoms with E-state index in [1.807, 2.05) is 81.4 Å². The summed E-state index contributed by atoms with van der Waals surface area (Å²) in [6.07, 6.45) is -0.104. The van der Waals surface area contributed by atoms with E-state index in [1.54, 1.807) is 4.68 Å². The van der Waals surface area contributed by atoms with Crippen molar-refractivity contribution in [3.63, 3.8) is 0 Å². The summed E-state index contributed by atoms with van der Waals surface area (Å²) in [5.74, 6) is -1.08. The number of carbonyl (C=O) groups is 2. The first-order valence-electron chi connectivity index (χ1n) is 13.0. The number of benzene rings is 3. The van der Waals surface area contributed by atoms with Gasteiger partial charge in [0.2, 0.25) is 5.91 Å². The number of carbonyl (C=O) groups excluding carboxylic acids is 2. The predicted octanol–water partition coefficient (Wildman–Crippen LogP) is 6.51. The fraction of sp³-hybridized carbons (Fsp3) is 0.333. The van der Waals surface area contributed by atoms with E-state index < -0.39 is 24.0 Å². The molecule has 0 spiro atoms. The maximum atomic E-state index is 14.1. The van der Waals surface area contributed by atoms with Crippen LogP contribution in [0, 0.1) is 12.8 Å². The van der Waals surface area contributed by atoms with Crippen LogP contribution in [0.3, 0.4) is 0 Å². The molecule has 4 aromatic rings. The van der Waals surface area contributed by atoms with Crippen molar-refractivity contribution in [2.75, 3.05) is 6.61 Å². The number of halogens is 2. The standard InChI is InChI=1S/C30H30Cl2N4O3/c1-4-35-25-13-12-24(27(32)28(25)33-34-35)26(21-11-10-18(2)22(15-21)16-31)19(3)29(37)36-23(17-39-30(36)38)14-20-8-6-5-7-9-20/h5-13,15,19,23,26H,4,14,16-17H2,1-3H3/t19?,23-,26?/m1/s1. The Labute approximate surface area is 237 Å². The summed E-state index contributed by atoms with van der Waals surface area (Å²) in [5, 5.41) is 8.97. The molecule has 1 aliphatic heterocycles. The average Bonchev–Trinajstić information content (AvgIpc) is 3.54. The Kier molecular flexibility index (Phi) is 7.91. The van der Waals surface area contributed by atoms with Crippen LogP contribution in [-0.2, 0) is 28.4 Å². The van der Waals surface area contributed by atoms with Crippen molar-refractivity contribution in [2.24, 2.45) is 5.92 Å². The number of hydrogen-bond donors (Lipinski definition) is 0. The molecule has 1 saturated heterocycles. The zero-order valence-electron chi connectivity index (χ0n) is 22.1. The van der Waals surface area contributed by atoms with Gasteiger partial charge >= 0.3 is 6.09 Å². The molecule has 0 radical (unpaired) electrons. The number of aryl methyl sites for hydroxylation is 2. The summed E-state index contributed by atoms with van der Waals surface area (Å²) < 4.78 is 7.14. The van der Waals surface area contributed by atoms with E-state index >= 15 is 0 Å². The molecular weight excluding hydrogens is 535 g/mol. The molecule has 2 unspecified atom stereocenters. The van der Waals surface area contributed by atoms with Gasteiger partial charge in [0.1, 0.15) is 12.1 Å². The van der Waals surface area contributed by atoms with E-state index in [4.69, 9.17) is 27.9 Å². The number of fused-ring (bicyclic) bond motifs is 1. The molecule has 5 rings (SSSR count). The molecule has 2 heterocycles. The fourth-order valence-corrected chi connectivity index (χ4v) is 5.99. The van der Waals surface area contributed by atoms with Crippen molar-refractivity contribution >= 4 is 46.2 Å². The van der Waals surface area contributed by atoms with Crippen LogP contribution in [0.4, 0.5) is 4.79 Å². The van der Waals surface area contributed by atoms with Gasteiger partial charge in [0.05, 0.1) is 16.6 Å². The number of amides is 2. The second kappa shape index (κ2) is 11.4. The smallest absolute Gasteiger partial charge is 0.416 e. The number of ether oxygens (including phenoxy) is 1. The van der Waals surface area contributed by atoms with Crippen LogP contribution < -0.4 is 0 Å². The van der Waals surface area contributed by atoms with Gasteiger partial charge in [0.25, 0.3) is 0 Å². The van der Waals surface area contributed by atoms with Crippen LogP contribution in [0.1, 0.15) is 47.6 Å². The normalized spacial score (nSPS) is 16.9.